The maximum atomic E-state index is 12.0. The van der Waals surface area contributed by atoms with Crippen molar-refractivity contribution in [2.45, 2.75) is 25.5 Å². The molecule has 1 aliphatic carbocycles. The molecule has 1 aliphatic rings. The molecule has 0 aromatic heterocycles. The summed E-state index contributed by atoms with van der Waals surface area (Å²) in [4.78, 5) is 12.0. The van der Waals surface area contributed by atoms with Gasteiger partial charge in [-0.2, -0.15) is 0 Å². The molecule has 1 aromatic carbocycles. The maximum Gasteiger partial charge on any atom is 0.319 e. The van der Waals surface area contributed by atoms with Gasteiger partial charge in [0.15, 0.2) is 0 Å². The zero-order valence-corrected chi connectivity index (χ0v) is 12.4. The number of amides is 2. The van der Waals surface area contributed by atoms with Crippen molar-refractivity contribution in [1.29, 1.82) is 0 Å². The van der Waals surface area contributed by atoms with Crippen molar-refractivity contribution in [1.82, 2.24) is 5.32 Å². The third-order valence-corrected chi connectivity index (χ3v) is 3.69. The van der Waals surface area contributed by atoms with Gasteiger partial charge >= 0.3 is 6.03 Å². The van der Waals surface area contributed by atoms with Crippen LogP contribution in [0.5, 0.6) is 0 Å². The van der Waals surface area contributed by atoms with Crippen LogP contribution in [0.3, 0.4) is 0 Å². The number of rotatable bonds is 5. The monoisotopic (exact) mass is 290 g/mol. The van der Waals surface area contributed by atoms with E-state index in [1.165, 1.54) is 0 Å². The SMILES string of the molecule is COC(C)c1cccc(NC(=O)N[C@@H]2C=C[C@H](CO)C2)c1. The fourth-order valence-corrected chi connectivity index (χ4v) is 2.36. The van der Waals surface area contributed by atoms with Crippen LogP contribution in [0, 0.1) is 5.92 Å². The van der Waals surface area contributed by atoms with Gasteiger partial charge in [-0.05, 0) is 31.0 Å². The molecule has 2 amide bonds. The fourth-order valence-electron chi connectivity index (χ4n) is 2.36. The summed E-state index contributed by atoms with van der Waals surface area (Å²) >= 11 is 0. The van der Waals surface area contributed by atoms with Crippen molar-refractivity contribution in [3.63, 3.8) is 0 Å². The number of carbonyl (C=O) groups is 1. The molecule has 0 heterocycles. The lowest BCUT2D eigenvalue weighted by molar-refractivity contribution is 0.119. The zero-order chi connectivity index (χ0) is 15.2. The summed E-state index contributed by atoms with van der Waals surface area (Å²) in [5, 5.41) is 14.8. The largest absolute Gasteiger partial charge is 0.396 e. The number of methoxy groups -OCH3 is 1. The van der Waals surface area contributed by atoms with E-state index in [-0.39, 0.29) is 30.7 Å². The Bertz CT molecular complexity index is 516. The normalized spacial score (nSPS) is 22.0. The highest BCUT2D eigenvalue weighted by molar-refractivity contribution is 5.89. The number of aliphatic hydroxyl groups excluding tert-OH is 1. The number of hydrogen-bond acceptors (Lipinski definition) is 3. The second-order valence-corrected chi connectivity index (χ2v) is 5.27. The number of hydrogen-bond donors (Lipinski definition) is 3. The molecule has 1 unspecified atom stereocenters. The molecule has 0 fully saturated rings. The first-order chi connectivity index (χ1) is 10.1. The molecular weight excluding hydrogens is 268 g/mol. The van der Waals surface area contributed by atoms with Gasteiger partial charge in [0.05, 0.1) is 6.10 Å². The van der Waals surface area contributed by atoms with Crippen molar-refractivity contribution in [3.05, 3.63) is 42.0 Å². The van der Waals surface area contributed by atoms with Crippen LogP contribution in [-0.4, -0.2) is 30.9 Å². The number of carbonyl (C=O) groups excluding carboxylic acids is 1. The molecule has 3 N–H and O–H groups in total. The molecule has 0 radical (unpaired) electrons. The standard InChI is InChI=1S/C16H22N2O3/c1-11(21-2)13-4-3-5-14(9-13)17-16(20)18-15-7-6-12(8-15)10-19/h3-7,9,11-12,15,19H,8,10H2,1-2H3,(H2,17,18,20)/t11?,12-,15+/m0/s1. The van der Waals surface area contributed by atoms with E-state index in [0.29, 0.717) is 0 Å². The van der Waals surface area contributed by atoms with E-state index in [1.807, 2.05) is 43.3 Å². The quantitative estimate of drug-likeness (QED) is 0.729. The molecule has 0 aliphatic heterocycles. The minimum atomic E-state index is -0.245. The van der Waals surface area contributed by atoms with Crippen LogP contribution in [0.1, 0.15) is 25.0 Å². The van der Waals surface area contributed by atoms with Crippen LogP contribution in [0.2, 0.25) is 0 Å². The summed E-state index contributed by atoms with van der Waals surface area (Å²) in [5.74, 6) is 0.140. The van der Waals surface area contributed by atoms with Crippen LogP contribution in [0.4, 0.5) is 10.5 Å². The minimum absolute atomic E-state index is 0.0158. The van der Waals surface area contributed by atoms with Crippen molar-refractivity contribution >= 4 is 11.7 Å². The molecule has 0 bridgehead atoms. The highest BCUT2D eigenvalue weighted by Gasteiger charge is 2.19. The van der Waals surface area contributed by atoms with Crippen molar-refractivity contribution in [2.75, 3.05) is 19.0 Å². The highest BCUT2D eigenvalue weighted by Crippen LogP contribution is 2.20. The summed E-state index contributed by atoms with van der Waals surface area (Å²) in [6.45, 7) is 2.07. The summed E-state index contributed by atoms with van der Waals surface area (Å²) in [6, 6.07) is 7.32. The first-order valence-electron chi connectivity index (χ1n) is 7.12. The van der Waals surface area contributed by atoms with E-state index in [1.54, 1.807) is 7.11 Å². The summed E-state index contributed by atoms with van der Waals surface area (Å²) < 4.78 is 5.27. The molecule has 5 nitrogen and oxygen atoms in total. The first-order valence-corrected chi connectivity index (χ1v) is 7.12. The van der Waals surface area contributed by atoms with Crippen LogP contribution >= 0.6 is 0 Å². The second-order valence-electron chi connectivity index (χ2n) is 5.27. The molecule has 0 spiro atoms. The lowest BCUT2D eigenvalue weighted by Gasteiger charge is -2.15. The van der Waals surface area contributed by atoms with Gasteiger partial charge in [0.2, 0.25) is 0 Å². The molecule has 0 saturated heterocycles. The maximum absolute atomic E-state index is 12.0. The molecule has 0 saturated carbocycles. The topological polar surface area (TPSA) is 70.6 Å². The van der Waals surface area contributed by atoms with E-state index in [4.69, 9.17) is 9.84 Å². The predicted molar refractivity (Wildman–Crippen MR) is 82.1 cm³/mol. The fraction of sp³-hybridized carbons (Fsp3) is 0.438. The van der Waals surface area contributed by atoms with Gasteiger partial charge in [0.1, 0.15) is 0 Å². The second kappa shape index (κ2) is 7.24. The third kappa shape index (κ3) is 4.31. The Morgan fingerprint density at radius 1 is 1.48 bits per heavy atom. The summed E-state index contributed by atoms with van der Waals surface area (Å²) in [6.07, 6.45) is 4.58. The van der Waals surface area contributed by atoms with E-state index in [9.17, 15) is 4.79 Å². The Hall–Kier alpha value is -1.85. The number of anilines is 1. The minimum Gasteiger partial charge on any atom is -0.396 e. The predicted octanol–water partition coefficient (Wildman–Crippen LogP) is 2.45. The Morgan fingerprint density at radius 2 is 2.29 bits per heavy atom. The number of ether oxygens (including phenoxy) is 1. The number of urea groups is 1. The molecule has 21 heavy (non-hydrogen) atoms. The van der Waals surface area contributed by atoms with Gasteiger partial charge in [-0.1, -0.05) is 24.3 Å². The van der Waals surface area contributed by atoms with Gasteiger partial charge < -0.3 is 20.5 Å². The molecule has 5 heteroatoms. The summed E-state index contributed by atoms with van der Waals surface area (Å²) in [7, 11) is 1.65. The number of nitrogens with one attached hydrogen (secondary N) is 2. The first kappa shape index (κ1) is 15.5. The van der Waals surface area contributed by atoms with Gasteiger partial charge in [0, 0.05) is 31.4 Å². The average Bonchev–Trinajstić information content (AvgIpc) is 2.94. The third-order valence-electron chi connectivity index (χ3n) is 3.69. The van der Waals surface area contributed by atoms with Crippen LogP contribution in [0.25, 0.3) is 0 Å². The van der Waals surface area contributed by atoms with Gasteiger partial charge in [-0.25, -0.2) is 4.79 Å². The van der Waals surface area contributed by atoms with Crippen molar-refractivity contribution < 1.29 is 14.6 Å². The Kier molecular flexibility index (Phi) is 5.36. The summed E-state index contributed by atoms with van der Waals surface area (Å²) in [5.41, 5.74) is 1.74. The van der Waals surface area contributed by atoms with E-state index < -0.39 is 0 Å². The smallest absolute Gasteiger partial charge is 0.319 e. The van der Waals surface area contributed by atoms with Crippen molar-refractivity contribution in [3.8, 4) is 0 Å². The highest BCUT2D eigenvalue weighted by atomic mass is 16.5. The Labute approximate surface area is 125 Å². The molecule has 2 rings (SSSR count). The lowest BCUT2D eigenvalue weighted by Crippen LogP contribution is -2.36. The average molecular weight is 290 g/mol. The van der Waals surface area contributed by atoms with Crippen LogP contribution in [0.15, 0.2) is 36.4 Å². The Balaban J connectivity index is 1.90. The van der Waals surface area contributed by atoms with E-state index in [2.05, 4.69) is 10.6 Å². The van der Waals surface area contributed by atoms with Gasteiger partial charge in [-0.3, -0.25) is 0 Å². The molecular formula is C16H22N2O3. The van der Waals surface area contributed by atoms with Gasteiger partial charge in [0.25, 0.3) is 0 Å². The van der Waals surface area contributed by atoms with E-state index >= 15 is 0 Å². The molecule has 1 aromatic rings. The van der Waals surface area contributed by atoms with Crippen molar-refractivity contribution in [2.24, 2.45) is 5.92 Å². The van der Waals surface area contributed by atoms with Crippen LogP contribution < -0.4 is 10.6 Å². The molecule has 114 valence electrons. The Morgan fingerprint density at radius 3 is 2.95 bits per heavy atom. The lowest BCUT2D eigenvalue weighted by atomic mass is 10.1. The number of benzene rings is 1. The van der Waals surface area contributed by atoms with Gasteiger partial charge in [-0.15, -0.1) is 0 Å². The molecule has 3 atom stereocenters. The number of aliphatic hydroxyl groups is 1. The van der Waals surface area contributed by atoms with E-state index in [0.717, 1.165) is 17.7 Å². The van der Waals surface area contributed by atoms with Crippen LogP contribution in [-0.2, 0) is 4.74 Å². The zero-order valence-electron chi connectivity index (χ0n) is 12.4.